The zero-order valence-electron chi connectivity index (χ0n) is 18.3. The number of nitrogens with one attached hydrogen (secondary N) is 2. The van der Waals surface area contributed by atoms with Gasteiger partial charge in [-0.3, -0.25) is 9.36 Å². The monoisotopic (exact) mass is 445 g/mol. The molecule has 11 nitrogen and oxygen atoms in total. The van der Waals surface area contributed by atoms with E-state index in [1.165, 1.54) is 17.0 Å². The second kappa shape index (κ2) is 8.41. The average Bonchev–Trinajstić information content (AvgIpc) is 3.27. The minimum absolute atomic E-state index is 0.235. The highest BCUT2D eigenvalue weighted by Crippen LogP contribution is 2.24. The third-order valence-electron chi connectivity index (χ3n) is 5.83. The molecular weight excluding hydrogens is 422 g/mol. The summed E-state index contributed by atoms with van der Waals surface area (Å²) in [7, 11) is 1.62. The van der Waals surface area contributed by atoms with Crippen molar-refractivity contribution in [2.24, 2.45) is 7.05 Å². The van der Waals surface area contributed by atoms with Gasteiger partial charge in [0.05, 0.1) is 29.3 Å². The normalized spacial score (nSPS) is 17.9. The van der Waals surface area contributed by atoms with Gasteiger partial charge in [0.25, 0.3) is 5.56 Å². The molecule has 2 N–H and O–H groups in total. The smallest absolute Gasteiger partial charge is 0.336 e. The molecule has 2 atom stereocenters. The fourth-order valence-corrected chi connectivity index (χ4v) is 4.14. The Morgan fingerprint density at radius 2 is 1.79 bits per heavy atom. The van der Waals surface area contributed by atoms with Crippen LogP contribution >= 0.6 is 0 Å². The highest BCUT2D eigenvalue weighted by atomic mass is 16.2. The first-order chi connectivity index (χ1) is 16.0. The number of aryl methyl sites for hydroxylation is 2. The van der Waals surface area contributed by atoms with Crippen LogP contribution in [-0.2, 0) is 7.05 Å². The molecule has 0 aromatic carbocycles. The number of hydrogen-bond acceptors (Lipinski definition) is 9. The Hall–Kier alpha value is -4.15. The van der Waals surface area contributed by atoms with E-state index in [-0.39, 0.29) is 17.6 Å². The lowest BCUT2D eigenvalue weighted by atomic mass is 10.2. The zero-order valence-corrected chi connectivity index (χ0v) is 18.3. The van der Waals surface area contributed by atoms with Crippen molar-refractivity contribution in [1.29, 1.82) is 0 Å². The van der Waals surface area contributed by atoms with Crippen molar-refractivity contribution in [3.8, 4) is 5.69 Å². The van der Waals surface area contributed by atoms with Crippen molar-refractivity contribution in [3.05, 3.63) is 69.4 Å². The first-order valence-corrected chi connectivity index (χ1v) is 10.7. The fraction of sp³-hybridized carbons (Fsp3) is 0.318. The molecule has 0 aliphatic heterocycles. The van der Waals surface area contributed by atoms with E-state index in [1.807, 2.05) is 6.92 Å². The lowest BCUT2D eigenvalue weighted by Gasteiger charge is -2.15. The third kappa shape index (κ3) is 4.04. The SMILES string of the molecule is Cc1cnc(N[C@H]2CC[C@H](Nc3ccc(-n4c(=O)c5ncccc5n(C)c4=O)cn3)C2)nn1. The molecule has 0 radical (unpaired) electrons. The second-order valence-electron chi connectivity index (χ2n) is 8.17. The summed E-state index contributed by atoms with van der Waals surface area (Å²) in [6, 6.07) is 7.37. The zero-order chi connectivity index (χ0) is 22.9. The van der Waals surface area contributed by atoms with Gasteiger partial charge in [0.15, 0.2) is 5.52 Å². The van der Waals surface area contributed by atoms with Crippen LogP contribution in [-0.4, -0.2) is 46.4 Å². The average molecular weight is 445 g/mol. The van der Waals surface area contributed by atoms with E-state index in [0.717, 1.165) is 29.5 Å². The Bertz CT molecular complexity index is 1410. The maximum Gasteiger partial charge on any atom is 0.336 e. The van der Waals surface area contributed by atoms with Crippen molar-refractivity contribution in [2.75, 3.05) is 10.6 Å². The van der Waals surface area contributed by atoms with Crippen LogP contribution in [0, 0.1) is 6.92 Å². The molecule has 0 saturated heterocycles. The number of aromatic nitrogens is 7. The lowest BCUT2D eigenvalue weighted by molar-refractivity contribution is 0.712. The number of anilines is 2. The van der Waals surface area contributed by atoms with Crippen LogP contribution in [0.25, 0.3) is 16.7 Å². The van der Waals surface area contributed by atoms with Gasteiger partial charge in [-0.15, -0.1) is 5.10 Å². The van der Waals surface area contributed by atoms with Gasteiger partial charge in [-0.1, -0.05) is 0 Å². The molecule has 4 aromatic rings. The third-order valence-corrected chi connectivity index (χ3v) is 5.83. The molecule has 4 heterocycles. The predicted octanol–water partition coefficient (Wildman–Crippen LogP) is 1.42. The highest BCUT2D eigenvalue weighted by molar-refractivity contribution is 5.73. The topological polar surface area (TPSA) is 133 Å². The summed E-state index contributed by atoms with van der Waals surface area (Å²) in [5, 5.41) is 14.8. The van der Waals surface area contributed by atoms with Gasteiger partial charge in [-0.25, -0.2) is 24.3 Å². The second-order valence-corrected chi connectivity index (χ2v) is 8.17. The summed E-state index contributed by atoms with van der Waals surface area (Å²) in [5.74, 6) is 1.21. The van der Waals surface area contributed by atoms with Crippen molar-refractivity contribution in [2.45, 2.75) is 38.3 Å². The largest absolute Gasteiger partial charge is 0.367 e. The number of fused-ring (bicyclic) bond motifs is 1. The molecule has 11 heteroatoms. The van der Waals surface area contributed by atoms with Crippen molar-refractivity contribution in [3.63, 3.8) is 0 Å². The van der Waals surface area contributed by atoms with Crippen LogP contribution in [0.5, 0.6) is 0 Å². The number of hydrogen-bond donors (Lipinski definition) is 2. The molecule has 33 heavy (non-hydrogen) atoms. The van der Waals surface area contributed by atoms with Crippen molar-refractivity contribution < 1.29 is 0 Å². The molecule has 0 unspecified atom stereocenters. The van der Waals surface area contributed by atoms with Crippen LogP contribution in [0.3, 0.4) is 0 Å². The van der Waals surface area contributed by atoms with Gasteiger partial charge < -0.3 is 10.6 Å². The van der Waals surface area contributed by atoms with Crippen LogP contribution in [0.1, 0.15) is 25.0 Å². The molecular formula is C22H23N9O2. The molecule has 0 spiro atoms. The maximum absolute atomic E-state index is 12.9. The molecule has 1 fully saturated rings. The number of pyridine rings is 2. The molecule has 1 saturated carbocycles. The Morgan fingerprint density at radius 1 is 0.970 bits per heavy atom. The molecule has 168 valence electrons. The maximum atomic E-state index is 12.9. The molecule has 0 bridgehead atoms. The summed E-state index contributed by atoms with van der Waals surface area (Å²) >= 11 is 0. The fourth-order valence-electron chi connectivity index (χ4n) is 4.14. The van der Waals surface area contributed by atoms with E-state index in [1.54, 1.807) is 37.5 Å². The van der Waals surface area contributed by atoms with Gasteiger partial charge in [0.1, 0.15) is 5.82 Å². The van der Waals surface area contributed by atoms with Gasteiger partial charge >= 0.3 is 5.69 Å². The summed E-state index contributed by atoms with van der Waals surface area (Å²) in [5.41, 5.74) is 0.995. The number of nitrogens with zero attached hydrogens (tertiary/aromatic N) is 7. The van der Waals surface area contributed by atoms with Crippen molar-refractivity contribution in [1.82, 2.24) is 34.3 Å². The Kier molecular flexibility index (Phi) is 5.29. The van der Waals surface area contributed by atoms with Gasteiger partial charge in [-0.05, 0) is 50.5 Å². The van der Waals surface area contributed by atoms with Crippen LogP contribution < -0.4 is 21.9 Å². The van der Waals surface area contributed by atoms with Crippen LogP contribution in [0.4, 0.5) is 11.8 Å². The molecule has 5 rings (SSSR count). The van der Waals surface area contributed by atoms with Crippen LogP contribution in [0.15, 0.2) is 52.4 Å². The first kappa shape index (κ1) is 20.7. The van der Waals surface area contributed by atoms with Gasteiger partial charge in [0.2, 0.25) is 5.95 Å². The lowest BCUT2D eigenvalue weighted by Crippen LogP contribution is -2.38. The first-order valence-electron chi connectivity index (χ1n) is 10.7. The number of rotatable bonds is 5. The summed E-state index contributed by atoms with van der Waals surface area (Å²) < 4.78 is 2.51. The molecule has 0 amide bonds. The van der Waals surface area contributed by atoms with E-state index >= 15 is 0 Å². The Labute approximate surface area is 188 Å². The van der Waals surface area contributed by atoms with E-state index in [9.17, 15) is 9.59 Å². The quantitative estimate of drug-likeness (QED) is 0.468. The Balaban J connectivity index is 1.30. The van der Waals surface area contributed by atoms with Gasteiger partial charge in [0, 0.05) is 25.3 Å². The Morgan fingerprint density at radius 3 is 2.52 bits per heavy atom. The van der Waals surface area contributed by atoms with Crippen LogP contribution in [0.2, 0.25) is 0 Å². The van der Waals surface area contributed by atoms with E-state index < -0.39 is 11.2 Å². The molecule has 1 aliphatic carbocycles. The highest BCUT2D eigenvalue weighted by Gasteiger charge is 2.25. The molecule has 4 aromatic heterocycles. The minimum atomic E-state index is -0.464. The van der Waals surface area contributed by atoms with Crippen molar-refractivity contribution >= 4 is 22.8 Å². The van der Waals surface area contributed by atoms with E-state index in [2.05, 4.69) is 35.8 Å². The summed E-state index contributed by atoms with van der Waals surface area (Å²) in [6.45, 7) is 1.85. The van der Waals surface area contributed by atoms with E-state index in [4.69, 9.17) is 0 Å². The standard InChI is InChI=1S/C22H23N9O2/c1-13-11-25-21(29-28-13)27-15-6-5-14(10-15)26-18-8-7-16(12-24-18)31-20(32)19-17(4-3-9-23-19)30(2)22(31)33/h3-4,7-9,11-12,14-15H,5-6,10H2,1-2H3,(H,24,26)(H,25,27,29)/t14-,15-/m0/s1. The van der Waals surface area contributed by atoms with E-state index in [0.29, 0.717) is 23.0 Å². The summed E-state index contributed by atoms with van der Waals surface area (Å²) in [4.78, 5) is 38.5. The molecule has 1 aliphatic rings. The minimum Gasteiger partial charge on any atom is -0.367 e. The van der Waals surface area contributed by atoms with Gasteiger partial charge in [-0.2, -0.15) is 5.10 Å². The summed E-state index contributed by atoms with van der Waals surface area (Å²) in [6.07, 6.45) is 7.58. The predicted molar refractivity (Wildman–Crippen MR) is 124 cm³/mol.